The summed E-state index contributed by atoms with van der Waals surface area (Å²) in [6, 6.07) is 0. The Morgan fingerprint density at radius 3 is 2.40 bits per heavy atom. The van der Waals surface area contributed by atoms with Crippen LogP contribution in [0.4, 0.5) is 0 Å². The first-order chi connectivity index (χ1) is 4.72. The molecule has 0 heterocycles. The quantitative estimate of drug-likeness (QED) is 0.516. The fourth-order valence-electron chi connectivity index (χ4n) is 1.31. The molecule has 0 saturated carbocycles. The van der Waals surface area contributed by atoms with Gasteiger partial charge in [-0.05, 0) is 37.8 Å². The second-order valence-corrected chi connectivity index (χ2v) is 2.86. The van der Waals surface area contributed by atoms with Crippen LogP contribution in [0.25, 0.3) is 0 Å². The number of hydrogen-bond donors (Lipinski definition) is 0. The van der Waals surface area contributed by atoms with Crippen LogP contribution < -0.4 is 0 Å². The third-order valence-electron chi connectivity index (χ3n) is 1.85. The third-order valence-corrected chi connectivity index (χ3v) is 1.85. The van der Waals surface area contributed by atoms with Crippen molar-refractivity contribution in [1.29, 1.82) is 0 Å². The summed E-state index contributed by atoms with van der Waals surface area (Å²) in [5.41, 5.74) is 3.93. The van der Waals surface area contributed by atoms with Crippen LogP contribution in [-0.4, -0.2) is 0 Å². The van der Waals surface area contributed by atoms with Crippen molar-refractivity contribution in [3.8, 4) is 0 Å². The molecular formula is C10H14. The molecule has 0 heteroatoms. The van der Waals surface area contributed by atoms with E-state index in [1.165, 1.54) is 29.6 Å². The summed E-state index contributed by atoms with van der Waals surface area (Å²) < 4.78 is 0. The summed E-state index contributed by atoms with van der Waals surface area (Å²) >= 11 is 0. The summed E-state index contributed by atoms with van der Waals surface area (Å²) in [6.45, 7) is 8.14. The van der Waals surface area contributed by atoms with Gasteiger partial charge >= 0.3 is 0 Å². The van der Waals surface area contributed by atoms with E-state index in [4.69, 9.17) is 0 Å². The Kier molecular flexibility index (Phi) is 2.10. The van der Waals surface area contributed by atoms with E-state index in [-0.39, 0.29) is 0 Å². The Hall–Kier alpha value is -0.780. The summed E-state index contributed by atoms with van der Waals surface area (Å²) in [4.78, 5) is 0. The van der Waals surface area contributed by atoms with Crippen molar-refractivity contribution in [3.05, 3.63) is 35.5 Å². The molecule has 1 rings (SSSR count). The zero-order valence-electron chi connectivity index (χ0n) is 6.78. The van der Waals surface area contributed by atoms with Crippen LogP contribution in [0.15, 0.2) is 35.5 Å². The van der Waals surface area contributed by atoms with E-state index >= 15 is 0 Å². The topological polar surface area (TPSA) is 0 Å². The highest BCUT2D eigenvalue weighted by molar-refractivity contribution is 5.44. The summed E-state index contributed by atoms with van der Waals surface area (Å²) in [5.74, 6) is 0. The largest absolute Gasteiger partial charge is 0.0955 e. The van der Waals surface area contributed by atoms with Gasteiger partial charge in [-0.2, -0.15) is 0 Å². The number of rotatable bonds is 1. The van der Waals surface area contributed by atoms with Gasteiger partial charge in [0, 0.05) is 0 Å². The maximum atomic E-state index is 3.92. The molecular weight excluding hydrogens is 120 g/mol. The van der Waals surface area contributed by atoms with E-state index < -0.39 is 0 Å². The van der Waals surface area contributed by atoms with Gasteiger partial charge in [-0.15, -0.1) is 0 Å². The second-order valence-electron chi connectivity index (χ2n) is 2.86. The van der Waals surface area contributed by atoms with Gasteiger partial charge in [-0.1, -0.05) is 24.3 Å². The van der Waals surface area contributed by atoms with Gasteiger partial charge in [0.25, 0.3) is 0 Å². The molecule has 0 spiro atoms. The molecule has 0 aliphatic heterocycles. The molecule has 0 unspecified atom stereocenters. The smallest absolute Gasteiger partial charge is 0.0247 e. The van der Waals surface area contributed by atoms with Crippen LogP contribution in [0.5, 0.6) is 0 Å². The van der Waals surface area contributed by atoms with Crippen molar-refractivity contribution >= 4 is 0 Å². The van der Waals surface area contributed by atoms with Gasteiger partial charge < -0.3 is 0 Å². The monoisotopic (exact) mass is 134 g/mol. The van der Waals surface area contributed by atoms with E-state index in [0.717, 1.165) is 0 Å². The lowest BCUT2D eigenvalue weighted by atomic mass is 9.95. The predicted octanol–water partition coefficient (Wildman–Crippen LogP) is 3.23. The Balaban J connectivity index is 2.84. The van der Waals surface area contributed by atoms with Crippen molar-refractivity contribution in [3.63, 3.8) is 0 Å². The zero-order chi connectivity index (χ0) is 7.56. The van der Waals surface area contributed by atoms with Gasteiger partial charge in [-0.3, -0.25) is 0 Å². The van der Waals surface area contributed by atoms with E-state index in [1.54, 1.807) is 0 Å². The summed E-state index contributed by atoms with van der Waals surface area (Å²) in [6.07, 6.45) is 6.93. The first-order valence-corrected chi connectivity index (χ1v) is 3.75. The van der Waals surface area contributed by atoms with Crippen molar-refractivity contribution in [2.75, 3.05) is 0 Å². The molecule has 0 saturated heterocycles. The molecule has 0 N–H and O–H groups in total. The highest BCUT2D eigenvalue weighted by Gasteiger charge is 2.03. The lowest BCUT2D eigenvalue weighted by Crippen LogP contribution is -1.91. The molecule has 0 aromatic rings. The SMILES string of the molecule is C=C(C)C1=CCCC=C1C. The minimum Gasteiger partial charge on any atom is -0.0955 e. The average molecular weight is 134 g/mol. The zero-order valence-corrected chi connectivity index (χ0v) is 6.78. The molecule has 0 fully saturated rings. The summed E-state index contributed by atoms with van der Waals surface area (Å²) in [5, 5.41) is 0. The van der Waals surface area contributed by atoms with Crippen molar-refractivity contribution in [2.24, 2.45) is 0 Å². The predicted molar refractivity (Wildman–Crippen MR) is 45.9 cm³/mol. The van der Waals surface area contributed by atoms with Crippen LogP contribution in [-0.2, 0) is 0 Å². The van der Waals surface area contributed by atoms with Crippen LogP contribution in [0, 0.1) is 0 Å². The van der Waals surface area contributed by atoms with Gasteiger partial charge in [0.2, 0.25) is 0 Å². The van der Waals surface area contributed by atoms with Crippen molar-refractivity contribution < 1.29 is 0 Å². The molecule has 0 radical (unpaired) electrons. The molecule has 54 valence electrons. The lowest BCUT2D eigenvalue weighted by Gasteiger charge is -2.11. The molecule has 0 bridgehead atoms. The van der Waals surface area contributed by atoms with E-state index in [9.17, 15) is 0 Å². The van der Waals surface area contributed by atoms with Gasteiger partial charge in [0.15, 0.2) is 0 Å². The molecule has 0 atom stereocenters. The van der Waals surface area contributed by atoms with E-state index in [2.05, 4.69) is 32.6 Å². The fraction of sp³-hybridized carbons (Fsp3) is 0.400. The number of hydrogen-bond acceptors (Lipinski definition) is 0. The summed E-state index contributed by atoms with van der Waals surface area (Å²) in [7, 11) is 0. The van der Waals surface area contributed by atoms with Crippen LogP contribution >= 0.6 is 0 Å². The molecule has 1 aliphatic carbocycles. The van der Waals surface area contributed by atoms with Crippen molar-refractivity contribution in [2.45, 2.75) is 26.7 Å². The van der Waals surface area contributed by atoms with Crippen LogP contribution in [0.3, 0.4) is 0 Å². The molecule has 0 nitrogen and oxygen atoms in total. The third kappa shape index (κ3) is 1.38. The molecule has 10 heavy (non-hydrogen) atoms. The van der Waals surface area contributed by atoms with Gasteiger partial charge in [0.05, 0.1) is 0 Å². The minimum absolute atomic E-state index is 1.18. The van der Waals surface area contributed by atoms with Gasteiger partial charge in [0.1, 0.15) is 0 Å². The maximum absolute atomic E-state index is 3.92. The van der Waals surface area contributed by atoms with E-state index in [1.807, 2.05) is 0 Å². The van der Waals surface area contributed by atoms with Crippen LogP contribution in [0.1, 0.15) is 26.7 Å². The first-order valence-electron chi connectivity index (χ1n) is 3.75. The molecule has 0 aromatic heterocycles. The van der Waals surface area contributed by atoms with Crippen LogP contribution in [0.2, 0.25) is 0 Å². The Labute approximate surface area is 62.9 Å². The Bertz CT molecular complexity index is 204. The second kappa shape index (κ2) is 2.87. The average Bonchev–Trinajstić information content (AvgIpc) is 1.88. The normalized spacial score (nSPS) is 17.8. The van der Waals surface area contributed by atoms with Gasteiger partial charge in [-0.25, -0.2) is 0 Å². The molecule has 0 aromatic carbocycles. The molecule has 0 amide bonds. The fourth-order valence-corrected chi connectivity index (χ4v) is 1.31. The Morgan fingerprint density at radius 2 is 2.00 bits per heavy atom. The lowest BCUT2D eigenvalue weighted by molar-refractivity contribution is 0.993. The highest BCUT2D eigenvalue weighted by Crippen LogP contribution is 2.22. The standard InChI is InChI=1S/C10H14/c1-8(2)10-7-5-4-6-9(10)3/h6-7H,1,4-5H2,2-3H3. The van der Waals surface area contributed by atoms with E-state index in [0.29, 0.717) is 0 Å². The highest BCUT2D eigenvalue weighted by atomic mass is 14.1. The first kappa shape index (κ1) is 7.33. The van der Waals surface area contributed by atoms with Crippen molar-refractivity contribution in [1.82, 2.24) is 0 Å². The maximum Gasteiger partial charge on any atom is -0.0247 e. The minimum atomic E-state index is 1.18. The Morgan fingerprint density at radius 1 is 1.40 bits per heavy atom. The molecule has 1 aliphatic rings. The number of allylic oxidation sites excluding steroid dienone is 5.